The molecule has 4 aromatic rings. The zero-order valence-corrected chi connectivity index (χ0v) is 19.6. The van der Waals surface area contributed by atoms with Crippen molar-refractivity contribution in [3.05, 3.63) is 101 Å². The largest absolute Gasteiger partial charge is 0.459 e. The van der Waals surface area contributed by atoms with E-state index in [-0.39, 0.29) is 11.7 Å². The van der Waals surface area contributed by atoms with Crippen molar-refractivity contribution in [2.24, 2.45) is 4.99 Å². The number of rotatable bonds is 6. The molecular formula is C27H23ClN4O2. The van der Waals surface area contributed by atoms with Crippen molar-refractivity contribution in [1.29, 1.82) is 0 Å². The van der Waals surface area contributed by atoms with E-state index < -0.39 is 0 Å². The van der Waals surface area contributed by atoms with Crippen LogP contribution in [0.5, 0.6) is 0 Å². The van der Waals surface area contributed by atoms with Crippen LogP contribution in [0.15, 0.2) is 82.5 Å². The topological polar surface area (TPSA) is 70.7 Å². The number of carbonyl (C=O) groups excluding carboxylic acids is 1. The minimum Gasteiger partial charge on any atom is -0.459 e. The van der Waals surface area contributed by atoms with E-state index in [1.807, 2.05) is 12.3 Å². The number of nitrogens with one attached hydrogen (secondary N) is 1. The van der Waals surface area contributed by atoms with Gasteiger partial charge < -0.3 is 14.6 Å². The predicted molar refractivity (Wildman–Crippen MR) is 135 cm³/mol. The van der Waals surface area contributed by atoms with Gasteiger partial charge in [0.05, 0.1) is 12.0 Å². The fourth-order valence-corrected chi connectivity index (χ4v) is 4.21. The van der Waals surface area contributed by atoms with Gasteiger partial charge in [-0.05, 0) is 61.6 Å². The van der Waals surface area contributed by atoms with Crippen LogP contribution in [0.2, 0.25) is 5.02 Å². The number of benzene rings is 2. The maximum atomic E-state index is 12.3. The molecule has 0 atom stereocenters. The van der Waals surface area contributed by atoms with Crippen LogP contribution in [0.1, 0.15) is 27.2 Å². The highest BCUT2D eigenvalue weighted by Crippen LogP contribution is 2.33. The summed E-state index contributed by atoms with van der Waals surface area (Å²) in [5, 5.41) is 3.41. The summed E-state index contributed by atoms with van der Waals surface area (Å²) in [5.41, 5.74) is 6.69. The van der Waals surface area contributed by atoms with Crippen LogP contribution in [0.25, 0.3) is 11.1 Å². The van der Waals surface area contributed by atoms with E-state index in [0.717, 1.165) is 34.5 Å². The summed E-state index contributed by atoms with van der Waals surface area (Å²) >= 11 is 6.50. The zero-order chi connectivity index (χ0) is 23.7. The Morgan fingerprint density at radius 1 is 1.09 bits per heavy atom. The first-order valence-corrected chi connectivity index (χ1v) is 11.3. The molecule has 1 aliphatic heterocycles. The number of anilines is 1. The molecule has 0 saturated carbocycles. The second kappa shape index (κ2) is 9.25. The molecule has 5 rings (SSSR count). The molecule has 0 saturated heterocycles. The SMILES string of the molecule is CN(C)Cc1ccc(-c2cnc3c(c2)CC(c2cc(NC(=O)c4ccco4)ccc2Cl)=N3)cc1. The molecule has 0 aliphatic carbocycles. The van der Waals surface area contributed by atoms with Gasteiger partial charge in [-0.15, -0.1) is 0 Å². The molecule has 34 heavy (non-hydrogen) atoms. The van der Waals surface area contributed by atoms with E-state index in [2.05, 4.69) is 59.6 Å². The first-order chi connectivity index (χ1) is 16.5. The third-order valence-electron chi connectivity index (χ3n) is 5.61. The number of aliphatic imine (C=N–C) groups is 1. The number of hydrogen-bond acceptors (Lipinski definition) is 5. The summed E-state index contributed by atoms with van der Waals surface area (Å²) in [6, 6.07) is 19.3. The van der Waals surface area contributed by atoms with Crippen molar-refractivity contribution in [1.82, 2.24) is 9.88 Å². The van der Waals surface area contributed by atoms with Gasteiger partial charge in [-0.25, -0.2) is 9.98 Å². The van der Waals surface area contributed by atoms with Gasteiger partial charge >= 0.3 is 0 Å². The summed E-state index contributed by atoms with van der Waals surface area (Å²) < 4.78 is 5.16. The van der Waals surface area contributed by atoms with Crippen LogP contribution >= 0.6 is 11.6 Å². The predicted octanol–water partition coefficient (Wildman–Crippen LogP) is 5.99. The molecule has 7 heteroatoms. The molecular weight excluding hydrogens is 448 g/mol. The van der Waals surface area contributed by atoms with E-state index in [1.54, 1.807) is 24.3 Å². The lowest BCUT2D eigenvalue weighted by Crippen LogP contribution is -2.11. The Balaban J connectivity index is 1.35. The van der Waals surface area contributed by atoms with Gasteiger partial charge in [-0.3, -0.25) is 4.79 Å². The van der Waals surface area contributed by atoms with Crippen LogP contribution < -0.4 is 5.32 Å². The van der Waals surface area contributed by atoms with E-state index >= 15 is 0 Å². The normalized spacial score (nSPS) is 12.5. The fraction of sp³-hybridized carbons (Fsp3) is 0.148. The molecule has 1 aliphatic rings. The van der Waals surface area contributed by atoms with Crippen LogP contribution in [-0.4, -0.2) is 35.6 Å². The zero-order valence-electron chi connectivity index (χ0n) is 18.9. The Morgan fingerprint density at radius 3 is 2.65 bits per heavy atom. The number of nitrogens with zero attached hydrogens (tertiary/aromatic N) is 3. The van der Waals surface area contributed by atoms with Gasteiger partial charge in [0, 0.05) is 46.6 Å². The number of fused-ring (bicyclic) bond motifs is 1. The van der Waals surface area contributed by atoms with E-state index in [4.69, 9.17) is 21.0 Å². The Kier molecular flexibility index (Phi) is 6.01. The van der Waals surface area contributed by atoms with E-state index in [0.29, 0.717) is 22.9 Å². The van der Waals surface area contributed by atoms with Gasteiger partial charge in [0.1, 0.15) is 0 Å². The van der Waals surface area contributed by atoms with E-state index in [9.17, 15) is 4.79 Å². The number of pyridine rings is 1. The van der Waals surface area contributed by atoms with E-state index in [1.165, 1.54) is 11.8 Å². The number of hydrogen-bond donors (Lipinski definition) is 1. The quantitative estimate of drug-likeness (QED) is 0.376. The van der Waals surface area contributed by atoms with Gasteiger partial charge in [-0.1, -0.05) is 35.9 Å². The van der Waals surface area contributed by atoms with Crippen LogP contribution in [0.3, 0.4) is 0 Å². The number of halogens is 1. The Hall–Kier alpha value is -3.74. The van der Waals surface area contributed by atoms with Crippen molar-refractivity contribution in [2.45, 2.75) is 13.0 Å². The smallest absolute Gasteiger partial charge is 0.291 e. The third-order valence-corrected chi connectivity index (χ3v) is 5.94. The number of amides is 1. The minimum atomic E-state index is -0.321. The van der Waals surface area contributed by atoms with Gasteiger partial charge in [-0.2, -0.15) is 0 Å². The molecule has 0 spiro atoms. The fourth-order valence-electron chi connectivity index (χ4n) is 3.99. The highest BCUT2D eigenvalue weighted by atomic mass is 35.5. The average molecular weight is 471 g/mol. The monoisotopic (exact) mass is 470 g/mol. The molecule has 2 aromatic carbocycles. The first kappa shape index (κ1) is 22.1. The second-order valence-corrected chi connectivity index (χ2v) is 8.91. The first-order valence-electron chi connectivity index (χ1n) is 10.9. The third kappa shape index (κ3) is 4.64. The van der Waals surface area contributed by atoms with Crippen molar-refractivity contribution < 1.29 is 9.21 Å². The highest BCUT2D eigenvalue weighted by Gasteiger charge is 2.21. The Bertz CT molecular complexity index is 1380. The van der Waals surface area contributed by atoms with Crippen LogP contribution in [0.4, 0.5) is 11.5 Å². The van der Waals surface area contributed by atoms with Crippen LogP contribution in [-0.2, 0) is 13.0 Å². The summed E-state index contributed by atoms with van der Waals surface area (Å²) in [5.74, 6) is 0.621. The Labute approximate surface area is 202 Å². The summed E-state index contributed by atoms with van der Waals surface area (Å²) in [6.07, 6.45) is 3.93. The standard InChI is InChI=1S/C27H23ClN4O2/c1-32(2)16-17-5-7-18(8-6-17)20-12-19-13-24(31-26(19)29-15-20)22-14-21(9-10-23(22)28)30-27(33)25-4-3-11-34-25/h3-12,14-15H,13,16H2,1-2H3,(H,30,33). The number of furan rings is 1. The summed E-state index contributed by atoms with van der Waals surface area (Å²) in [6.45, 7) is 0.904. The Morgan fingerprint density at radius 2 is 1.91 bits per heavy atom. The van der Waals surface area contributed by atoms with Gasteiger partial charge in [0.15, 0.2) is 11.6 Å². The second-order valence-electron chi connectivity index (χ2n) is 8.50. The number of carbonyl (C=O) groups is 1. The molecule has 3 heterocycles. The minimum absolute atomic E-state index is 0.244. The average Bonchev–Trinajstić information content (AvgIpc) is 3.50. The van der Waals surface area contributed by atoms with Crippen molar-refractivity contribution in [3.8, 4) is 11.1 Å². The number of aromatic nitrogens is 1. The molecule has 0 radical (unpaired) electrons. The molecule has 0 bridgehead atoms. The maximum Gasteiger partial charge on any atom is 0.291 e. The molecule has 2 aromatic heterocycles. The van der Waals surface area contributed by atoms with Gasteiger partial charge in [0.25, 0.3) is 5.91 Å². The lowest BCUT2D eigenvalue weighted by molar-refractivity contribution is 0.0996. The summed E-state index contributed by atoms with van der Waals surface area (Å²) in [7, 11) is 4.12. The van der Waals surface area contributed by atoms with Crippen LogP contribution in [0, 0.1) is 0 Å². The van der Waals surface area contributed by atoms with Crippen molar-refractivity contribution in [2.75, 3.05) is 19.4 Å². The molecule has 170 valence electrons. The molecule has 1 N–H and O–H groups in total. The lowest BCUT2D eigenvalue weighted by atomic mass is 10.0. The molecule has 0 unspecified atom stereocenters. The van der Waals surface area contributed by atoms with Crippen molar-refractivity contribution in [3.63, 3.8) is 0 Å². The maximum absolute atomic E-state index is 12.3. The molecule has 0 fully saturated rings. The van der Waals surface area contributed by atoms with Crippen molar-refractivity contribution >= 4 is 34.7 Å². The summed E-state index contributed by atoms with van der Waals surface area (Å²) in [4.78, 5) is 23.8. The lowest BCUT2D eigenvalue weighted by Gasteiger charge is -2.10. The molecule has 1 amide bonds. The van der Waals surface area contributed by atoms with Gasteiger partial charge in [0.2, 0.25) is 0 Å². The molecule has 6 nitrogen and oxygen atoms in total. The highest BCUT2D eigenvalue weighted by molar-refractivity contribution is 6.34.